The van der Waals surface area contributed by atoms with Gasteiger partial charge in [-0.2, -0.15) is 0 Å². The molecule has 2 saturated heterocycles. The van der Waals surface area contributed by atoms with Crippen LogP contribution in [0, 0.1) is 0 Å². The summed E-state index contributed by atoms with van der Waals surface area (Å²) in [6.07, 6.45) is -0.728. The third-order valence-electron chi connectivity index (χ3n) is 3.06. The Bertz CT molecular complexity index is 190. The molecule has 2 aliphatic heterocycles. The largest absolute Gasteiger partial charge is 0.389 e. The lowest BCUT2D eigenvalue weighted by Gasteiger charge is -2.29. The monoisotopic (exact) mass is 171 g/mol. The summed E-state index contributed by atoms with van der Waals surface area (Å²) in [7, 11) is 1.85. The highest BCUT2D eigenvalue weighted by Crippen LogP contribution is 2.32. The van der Waals surface area contributed by atoms with E-state index < -0.39 is 12.2 Å². The van der Waals surface area contributed by atoms with Crippen molar-refractivity contribution >= 4 is 5.78 Å². The molecule has 4 atom stereocenters. The Hall–Kier alpha value is -0.450. The van der Waals surface area contributed by atoms with Crippen molar-refractivity contribution in [1.29, 1.82) is 0 Å². The van der Waals surface area contributed by atoms with Gasteiger partial charge in [0.15, 0.2) is 0 Å². The molecular formula is C8H13NO3. The zero-order valence-electron chi connectivity index (χ0n) is 6.97. The zero-order chi connectivity index (χ0) is 8.88. The minimum Gasteiger partial charge on any atom is -0.389 e. The third kappa shape index (κ3) is 0.920. The van der Waals surface area contributed by atoms with Crippen LogP contribution in [0.2, 0.25) is 0 Å². The predicted molar refractivity (Wildman–Crippen MR) is 41.6 cm³/mol. The smallest absolute Gasteiger partial charge is 0.136 e. The van der Waals surface area contributed by atoms with Crippen LogP contribution in [-0.2, 0) is 4.79 Å². The van der Waals surface area contributed by atoms with Gasteiger partial charge in [-0.15, -0.1) is 0 Å². The zero-order valence-corrected chi connectivity index (χ0v) is 6.97. The molecule has 0 aromatic heterocycles. The van der Waals surface area contributed by atoms with Crippen LogP contribution in [0.25, 0.3) is 0 Å². The van der Waals surface area contributed by atoms with Crippen molar-refractivity contribution in [2.45, 2.75) is 37.1 Å². The van der Waals surface area contributed by atoms with Crippen LogP contribution in [0.4, 0.5) is 0 Å². The average molecular weight is 171 g/mol. The first-order valence-corrected chi connectivity index (χ1v) is 4.21. The van der Waals surface area contributed by atoms with Crippen LogP contribution >= 0.6 is 0 Å². The van der Waals surface area contributed by atoms with E-state index in [1.807, 2.05) is 11.9 Å². The number of piperidine rings is 1. The maximum Gasteiger partial charge on any atom is 0.136 e. The molecule has 0 spiro atoms. The van der Waals surface area contributed by atoms with Crippen LogP contribution in [0.5, 0.6) is 0 Å². The summed E-state index contributed by atoms with van der Waals surface area (Å²) in [5, 5.41) is 19.0. The van der Waals surface area contributed by atoms with Crippen molar-refractivity contribution < 1.29 is 15.0 Å². The van der Waals surface area contributed by atoms with Crippen molar-refractivity contribution in [3.63, 3.8) is 0 Å². The first kappa shape index (κ1) is 8.16. The van der Waals surface area contributed by atoms with Gasteiger partial charge in [0.1, 0.15) is 5.78 Å². The highest BCUT2D eigenvalue weighted by Gasteiger charge is 2.50. The molecule has 0 aliphatic carbocycles. The summed E-state index contributed by atoms with van der Waals surface area (Å²) in [5.41, 5.74) is 0. The molecule has 2 fully saturated rings. The van der Waals surface area contributed by atoms with Crippen LogP contribution < -0.4 is 0 Å². The summed E-state index contributed by atoms with van der Waals surface area (Å²) >= 11 is 0. The lowest BCUT2D eigenvalue weighted by Crippen LogP contribution is -2.43. The van der Waals surface area contributed by atoms with E-state index in [1.165, 1.54) is 0 Å². The summed E-state index contributed by atoms with van der Waals surface area (Å²) in [6, 6.07) is -0.322. The molecule has 4 unspecified atom stereocenters. The second-order valence-electron chi connectivity index (χ2n) is 3.73. The minimum atomic E-state index is -0.744. The van der Waals surface area contributed by atoms with Gasteiger partial charge in [0.05, 0.1) is 12.2 Å². The Morgan fingerprint density at radius 3 is 2.08 bits per heavy atom. The number of carbonyl (C=O) groups is 1. The van der Waals surface area contributed by atoms with Crippen molar-refractivity contribution in [3.05, 3.63) is 0 Å². The summed E-state index contributed by atoms with van der Waals surface area (Å²) in [6.45, 7) is 0. The SMILES string of the molecule is CN1C2CC(=O)CC1C(O)C2O. The number of ketones is 1. The van der Waals surface area contributed by atoms with E-state index in [1.54, 1.807) is 0 Å². The molecule has 0 aromatic carbocycles. The lowest BCUT2D eigenvalue weighted by molar-refractivity contribution is -0.124. The minimum absolute atomic E-state index is 0.152. The molecule has 2 aliphatic rings. The van der Waals surface area contributed by atoms with Gasteiger partial charge in [0.2, 0.25) is 0 Å². The average Bonchev–Trinajstić information content (AvgIpc) is 2.21. The Balaban J connectivity index is 2.26. The fourth-order valence-electron chi connectivity index (χ4n) is 2.26. The number of aliphatic hydroxyl groups excluding tert-OH is 2. The van der Waals surface area contributed by atoms with Gasteiger partial charge in [-0.25, -0.2) is 0 Å². The van der Waals surface area contributed by atoms with Crippen molar-refractivity contribution in [3.8, 4) is 0 Å². The molecule has 0 saturated carbocycles. The normalized spacial score (nSPS) is 48.4. The van der Waals surface area contributed by atoms with Crippen LogP contribution in [0.3, 0.4) is 0 Å². The van der Waals surface area contributed by atoms with Crippen LogP contribution in [0.15, 0.2) is 0 Å². The highest BCUT2D eigenvalue weighted by atomic mass is 16.3. The number of nitrogens with zero attached hydrogens (tertiary/aromatic N) is 1. The Kier molecular flexibility index (Phi) is 1.71. The lowest BCUT2D eigenvalue weighted by atomic mass is 10.0. The van der Waals surface area contributed by atoms with Gasteiger partial charge in [-0.05, 0) is 7.05 Å². The number of carbonyl (C=O) groups excluding carboxylic acids is 1. The van der Waals surface area contributed by atoms with E-state index in [0.29, 0.717) is 12.8 Å². The molecule has 68 valence electrons. The van der Waals surface area contributed by atoms with E-state index in [-0.39, 0.29) is 17.9 Å². The second-order valence-corrected chi connectivity index (χ2v) is 3.73. The molecule has 2 N–H and O–H groups in total. The fraction of sp³-hybridized carbons (Fsp3) is 0.875. The Labute approximate surface area is 70.8 Å². The standard InChI is InChI=1S/C8H13NO3/c1-9-5-2-4(10)3-6(9)8(12)7(5)11/h5-8,11-12H,2-3H2,1H3. The Morgan fingerprint density at radius 2 is 1.67 bits per heavy atom. The van der Waals surface area contributed by atoms with Crippen molar-refractivity contribution in [2.75, 3.05) is 7.05 Å². The summed E-state index contributed by atoms with van der Waals surface area (Å²) in [4.78, 5) is 13.0. The molecule has 12 heavy (non-hydrogen) atoms. The molecule has 2 heterocycles. The van der Waals surface area contributed by atoms with E-state index in [2.05, 4.69) is 0 Å². The van der Waals surface area contributed by atoms with Gasteiger partial charge >= 0.3 is 0 Å². The van der Waals surface area contributed by atoms with E-state index in [0.717, 1.165) is 0 Å². The molecule has 4 nitrogen and oxygen atoms in total. The van der Waals surface area contributed by atoms with Gasteiger partial charge < -0.3 is 10.2 Å². The van der Waals surface area contributed by atoms with E-state index in [4.69, 9.17) is 0 Å². The van der Waals surface area contributed by atoms with Crippen molar-refractivity contribution in [2.24, 2.45) is 0 Å². The number of rotatable bonds is 0. The van der Waals surface area contributed by atoms with Crippen molar-refractivity contribution in [1.82, 2.24) is 4.90 Å². The number of hydrogen-bond acceptors (Lipinski definition) is 4. The molecule has 4 heteroatoms. The van der Waals surface area contributed by atoms with Gasteiger partial charge in [0, 0.05) is 24.9 Å². The molecule has 0 radical (unpaired) electrons. The van der Waals surface area contributed by atoms with Crippen LogP contribution in [0.1, 0.15) is 12.8 Å². The number of Topliss-reactive ketones (excluding diaryl/α,β-unsaturated/α-hetero) is 1. The maximum absolute atomic E-state index is 11.1. The third-order valence-corrected chi connectivity index (χ3v) is 3.06. The second kappa shape index (κ2) is 2.52. The molecule has 2 rings (SSSR count). The number of hydrogen-bond donors (Lipinski definition) is 2. The molecule has 0 amide bonds. The highest BCUT2D eigenvalue weighted by molar-refractivity contribution is 5.81. The molecular weight excluding hydrogens is 158 g/mol. The first-order valence-electron chi connectivity index (χ1n) is 4.21. The summed E-state index contributed by atoms with van der Waals surface area (Å²) in [5.74, 6) is 0.152. The first-order chi connectivity index (χ1) is 5.61. The van der Waals surface area contributed by atoms with Gasteiger partial charge in [0.25, 0.3) is 0 Å². The molecule has 2 bridgehead atoms. The molecule has 0 aromatic rings. The predicted octanol–water partition coefficient (Wildman–Crippen LogP) is -1.25. The Morgan fingerprint density at radius 1 is 1.25 bits per heavy atom. The maximum atomic E-state index is 11.1. The number of aliphatic hydroxyl groups is 2. The topological polar surface area (TPSA) is 60.8 Å². The van der Waals surface area contributed by atoms with Gasteiger partial charge in [-0.3, -0.25) is 9.69 Å². The van der Waals surface area contributed by atoms with Crippen LogP contribution in [-0.4, -0.2) is 52.2 Å². The van der Waals surface area contributed by atoms with Gasteiger partial charge in [-0.1, -0.05) is 0 Å². The quantitative estimate of drug-likeness (QED) is 0.478. The number of fused-ring (bicyclic) bond motifs is 2. The fourth-order valence-corrected chi connectivity index (χ4v) is 2.26. The summed E-state index contributed by atoms with van der Waals surface area (Å²) < 4.78 is 0. The van der Waals surface area contributed by atoms with E-state index >= 15 is 0 Å². The van der Waals surface area contributed by atoms with E-state index in [9.17, 15) is 15.0 Å². The number of likely N-dealkylation sites (N-methyl/N-ethyl adjacent to an activating group) is 1.